The highest BCUT2D eigenvalue weighted by Crippen LogP contribution is 2.25. The fourth-order valence-electron chi connectivity index (χ4n) is 2.20. The van der Waals surface area contributed by atoms with Gasteiger partial charge in [0, 0.05) is 5.02 Å². The van der Waals surface area contributed by atoms with E-state index in [1.807, 2.05) is 6.07 Å². The Morgan fingerprint density at radius 2 is 2.15 bits per heavy atom. The van der Waals surface area contributed by atoms with Crippen LogP contribution in [0.4, 0.5) is 0 Å². The number of ether oxygens (including phenoxy) is 1. The standard InChI is InChI=1S/C14H16ClNO4/c1-14(20-7-13(18)19)8-16(9-14)12(17)6-10-3-2-4-11(15)5-10/h2-5H,6-9H2,1H3,(H,18,19). The Labute approximate surface area is 122 Å². The van der Waals surface area contributed by atoms with Crippen LogP contribution in [0.15, 0.2) is 24.3 Å². The second-order valence-electron chi connectivity index (χ2n) is 5.19. The van der Waals surface area contributed by atoms with Crippen LogP contribution in [0.25, 0.3) is 0 Å². The Hall–Kier alpha value is -1.59. The summed E-state index contributed by atoms with van der Waals surface area (Å²) in [7, 11) is 0. The summed E-state index contributed by atoms with van der Waals surface area (Å²) in [6, 6.07) is 7.18. The SMILES string of the molecule is CC1(OCC(=O)O)CN(C(=O)Cc2cccc(Cl)c2)C1. The molecule has 1 aromatic carbocycles. The summed E-state index contributed by atoms with van der Waals surface area (Å²) < 4.78 is 5.26. The molecule has 0 aliphatic carbocycles. The minimum atomic E-state index is -1.00. The third kappa shape index (κ3) is 3.71. The molecule has 1 aromatic rings. The molecule has 0 unspecified atom stereocenters. The number of likely N-dealkylation sites (tertiary alicyclic amines) is 1. The van der Waals surface area contributed by atoms with Crippen LogP contribution in [0.3, 0.4) is 0 Å². The molecule has 0 radical (unpaired) electrons. The molecular weight excluding hydrogens is 282 g/mol. The van der Waals surface area contributed by atoms with Gasteiger partial charge in [-0.25, -0.2) is 4.79 Å². The van der Waals surface area contributed by atoms with E-state index in [4.69, 9.17) is 21.4 Å². The monoisotopic (exact) mass is 297 g/mol. The first kappa shape index (κ1) is 14.8. The van der Waals surface area contributed by atoms with Crippen molar-refractivity contribution in [3.05, 3.63) is 34.9 Å². The third-order valence-corrected chi connectivity index (χ3v) is 3.43. The van der Waals surface area contributed by atoms with E-state index in [9.17, 15) is 9.59 Å². The third-order valence-electron chi connectivity index (χ3n) is 3.19. The van der Waals surface area contributed by atoms with E-state index in [1.54, 1.807) is 30.0 Å². The zero-order chi connectivity index (χ0) is 14.8. The van der Waals surface area contributed by atoms with E-state index in [-0.39, 0.29) is 18.9 Å². The molecule has 0 saturated carbocycles. The number of carbonyl (C=O) groups excluding carboxylic acids is 1. The zero-order valence-electron chi connectivity index (χ0n) is 11.1. The van der Waals surface area contributed by atoms with E-state index < -0.39 is 11.6 Å². The maximum atomic E-state index is 12.0. The number of carboxylic acid groups (broad SMARTS) is 1. The number of amides is 1. The summed E-state index contributed by atoms with van der Waals surface area (Å²) in [5, 5.41) is 9.18. The van der Waals surface area contributed by atoms with Crippen LogP contribution >= 0.6 is 11.6 Å². The summed E-state index contributed by atoms with van der Waals surface area (Å²) in [6.07, 6.45) is 0.287. The molecule has 0 atom stereocenters. The molecule has 1 aliphatic heterocycles. The highest BCUT2D eigenvalue weighted by atomic mass is 35.5. The van der Waals surface area contributed by atoms with Crippen LogP contribution in [0, 0.1) is 0 Å². The molecule has 1 N–H and O–H groups in total. The van der Waals surface area contributed by atoms with Crippen molar-refractivity contribution in [2.75, 3.05) is 19.7 Å². The van der Waals surface area contributed by atoms with Crippen LogP contribution in [0.1, 0.15) is 12.5 Å². The van der Waals surface area contributed by atoms with E-state index in [0.717, 1.165) is 5.56 Å². The minimum absolute atomic E-state index is 0.0105. The molecular formula is C14H16ClNO4. The van der Waals surface area contributed by atoms with Crippen molar-refractivity contribution in [1.82, 2.24) is 4.90 Å². The predicted molar refractivity (Wildman–Crippen MR) is 73.7 cm³/mol. The number of halogens is 1. The Kier molecular flexibility index (Phi) is 4.30. The molecule has 2 rings (SSSR count). The zero-order valence-corrected chi connectivity index (χ0v) is 11.9. The smallest absolute Gasteiger partial charge is 0.329 e. The molecule has 0 aromatic heterocycles. The number of carboxylic acids is 1. The number of hydrogen-bond acceptors (Lipinski definition) is 3. The first-order valence-corrected chi connectivity index (χ1v) is 6.64. The Balaban J connectivity index is 1.83. The average molecular weight is 298 g/mol. The van der Waals surface area contributed by atoms with Gasteiger partial charge in [0.25, 0.3) is 0 Å². The normalized spacial score (nSPS) is 16.6. The van der Waals surface area contributed by atoms with Gasteiger partial charge in [-0.3, -0.25) is 4.79 Å². The first-order chi connectivity index (χ1) is 9.38. The lowest BCUT2D eigenvalue weighted by Crippen LogP contribution is -2.63. The second kappa shape index (κ2) is 5.81. The maximum Gasteiger partial charge on any atom is 0.329 e. The van der Waals surface area contributed by atoms with Crippen molar-refractivity contribution >= 4 is 23.5 Å². The van der Waals surface area contributed by atoms with Crippen molar-refractivity contribution in [1.29, 1.82) is 0 Å². The van der Waals surface area contributed by atoms with Crippen LogP contribution in [-0.2, 0) is 20.7 Å². The first-order valence-electron chi connectivity index (χ1n) is 6.26. The molecule has 1 fully saturated rings. The van der Waals surface area contributed by atoms with Crippen molar-refractivity contribution in [3.63, 3.8) is 0 Å². The number of aliphatic carboxylic acids is 1. The van der Waals surface area contributed by atoms with Crippen molar-refractivity contribution < 1.29 is 19.4 Å². The number of hydrogen-bond donors (Lipinski definition) is 1. The molecule has 6 heteroatoms. The summed E-state index contributed by atoms with van der Waals surface area (Å²) in [5.74, 6) is -1.02. The van der Waals surface area contributed by atoms with E-state index in [0.29, 0.717) is 18.1 Å². The van der Waals surface area contributed by atoms with Gasteiger partial charge in [0.05, 0.1) is 19.5 Å². The van der Waals surface area contributed by atoms with Gasteiger partial charge in [0.2, 0.25) is 5.91 Å². The van der Waals surface area contributed by atoms with Gasteiger partial charge >= 0.3 is 5.97 Å². The predicted octanol–water partition coefficient (Wildman–Crippen LogP) is 1.58. The highest BCUT2D eigenvalue weighted by Gasteiger charge is 2.42. The molecule has 5 nitrogen and oxygen atoms in total. The molecule has 0 spiro atoms. The number of carbonyl (C=O) groups is 2. The lowest BCUT2D eigenvalue weighted by atomic mass is 9.95. The van der Waals surface area contributed by atoms with Crippen LogP contribution in [0.5, 0.6) is 0 Å². The van der Waals surface area contributed by atoms with Gasteiger partial charge in [-0.2, -0.15) is 0 Å². The number of benzene rings is 1. The second-order valence-corrected chi connectivity index (χ2v) is 5.63. The van der Waals surface area contributed by atoms with E-state index in [1.165, 1.54) is 0 Å². The van der Waals surface area contributed by atoms with Crippen LogP contribution in [0.2, 0.25) is 5.02 Å². The average Bonchev–Trinajstić information content (AvgIpc) is 2.33. The fraction of sp³-hybridized carbons (Fsp3) is 0.429. The largest absolute Gasteiger partial charge is 0.480 e. The molecule has 0 bridgehead atoms. The molecule has 1 aliphatic rings. The summed E-state index contributed by atoms with van der Waals surface area (Å²) in [5.41, 5.74) is 0.310. The summed E-state index contributed by atoms with van der Waals surface area (Å²) >= 11 is 5.87. The quantitative estimate of drug-likeness (QED) is 0.896. The topological polar surface area (TPSA) is 66.8 Å². The Morgan fingerprint density at radius 3 is 2.75 bits per heavy atom. The lowest BCUT2D eigenvalue weighted by molar-refractivity contribution is -0.172. The Bertz CT molecular complexity index is 526. The van der Waals surface area contributed by atoms with E-state index >= 15 is 0 Å². The van der Waals surface area contributed by atoms with Gasteiger partial charge in [0.1, 0.15) is 12.2 Å². The van der Waals surface area contributed by atoms with Crippen molar-refractivity contribution in [2.45, 2.75) is 18.9 Å². The number of nitrogens with zero attached hydrogens (tertiary/aromatic N) is 1. The van der Waals surface area contributed by atoms with Crippen molar-refractivity contribution in [2.24, 2.45) is 0 Å². The molecule has 1 saturated heterocycles. The van der Waals surface area contributed by atoms with Crippen molar-refractivity contribution in [3.8, 4) is 0 Å². The lowest BCUT2D eigenvalue weighted by Gasteiger charge is -2.47. The van der Waals surface area contributed by atoms with E-state index in [2.05, 4.69) is 0 Å². The van der Waals surface area contributed by atoms with Gasteiger partial charge in [-0.15, -0.1) is 0 Å². The maximum absolute atomic E-state index is 12.0. The molecule has 20 heavy (non-hydrogen) atoms. The molecule has 1 amide bonds. The van der Waals surface area contributed by atoms with Crippen LogP contribution in [-0.4, -0.2) is 47.2 Å². The van der Waals surface area contributed by atoms with Gasteiger partial charge in [0.15, 0.2) is 0 Å². The van der Waals surface area contributed by atoms with Gasteiger partial charge in [-0.05, 0) is 24.6 Å². The number of rotatable bonds is 5. The van der Waals surface area contributed by atoms with Gasteiger partial charge < -0.3 is 14.7 Å². The van der Waals surface area contributed by atoms with Gasteiger partial charge in [-0.1, -0.05) is 23.7 Å². The van der Waals surface area contributed by atoms with Crippen LogP contribution < -0.4 is 0 Å². The highest BCUT2D eigenvalue weighted by molar-refractivity contribution is 6.30. The summed E-state index contributed by atoms with van der Waals surface area (Å²) in [4.78, 5) is 24.2. The molecule has 108 valence electrons. The summed E-state index contributed by atoms with van der Waals surface area (Å²) in [6.45, 7) is 2.30. The Morgan fingerprint density at radius 1 is 1.45 bits per heavy atom. The molecule has 1 heterocycles. The fourth-order valence-corrected chi connectivity index (χ4v) is 2.41. The minimum Gasteiger partial charge on any atom is -0.480 e.